The van der Waals surface area contributed by atoms with E-state index in [1.807, 2.05) is 30.3 Å². The summed E-state index contributed by atoms with van der Waals surface area (Å²) < 4.78 is 5.40. The predicted octanol–water partition coefficient (Wildman–Crippen LogP) is 2.70. The SMILES string of the molecule is CCNCc1coc(-c2ccccc2)n1.[HH]. The molecule has 0 fully saturated rings. The Hall–Kier alpha value is -1.61. The van der Waals surface area contributed by atoms with Gasteiger partial charge in [-0.15, -0.1) is 0 Å². The molecule has 0 aliphatic rings. The number of nitrogens with one attached hydrogen (secondary N) is 1. The lowest BCUT2D eigenvalue weighted by Gasteiger charge is -1.94. The standard InChI is InChI=1S/C12H14N2O.H2/c1-2-13-8-11-9-15-12(14-11)10-6-4-3-5-7-10;/h3-7,9,13H,2,8H2,1H3;1H. The molecule has 2 aromatic rings. The van der Waals surface area contributed by atoms with Crippen molar-refractivity contribution in [2.75, 3.05) is 6.54 Å². The average Bonchev–Trinajstić information content (AvgIpc) is 2.76. The fourth-order valence-corrected chi connectivity index (χ4v) is 1.35. The molecule has 3 nitrogen and oxygen atoms in total. The second-order valence-electron chi connectivity index (χ2n) is 3.29. The Labute approximate surface area is 90.6 Å². The number of nitrogens with zero attached hydrogens (tertiary/aromatic N) is 1. The van der Waals surface area contributed by atoms with Crippen LogP contribution in [-0.2, 0) is 6.54 Å². The van der Waals surface area contributed by atoms with Gasteiger partial charge in [0.25, 0.3) is 0 Å². The fraction of sp³-hybridized carbons (Fsp3) is 0.250. The van der Waals surface area contributed by atoms with E-state index in [9.17, 15) is 0 Å². The number of benzene rings is 1. The van der Waals surface area contributed by atoms with Crippen LogP contribution in [0.15, 0.2) is 41.0 Å². The zero-order chi connectivity index (χ0) is 10.5. The lowest BCUT2D eigenvalue weighted by Crippen LogP contribution is -2.11. The molecule has 0 radical (unpaired) electrons. The molecule has 15 heavy (non-hydrogen) atoms. The molecule has 1 heterocycles. The molecule has 0 unspecified atom stereocenters. The predicted molar refractivity (Wildman–Crippen MR) is 61.4 cm³/mol. The Bertz CT molecular complexity index is 414. The van der Waals surface area contributed by atoms with Gasteiger partial charge in [-0.2, -0.15) is 0 Å². The van der Waals surface area contributed by atoms with Gasteiger partial charge in [-0.1, -0.05) is 25.1 Å². The first kappa shape index (κ1) is 9.93. The Kier molecular flexibility index (Phi) is 3.15. The van der Waals surface area contributed by atoms with E-state index in [0.29, 0.717) is 5.89 Å². The number of hydrogen-bond donors (Lipinski definition) is 1. The Morgan fingerprint density at radius 3 is 2.87 bits per heavy atom. The van der Waals surface area contributed by atoms with Crippen molar-refractivity contribution in [3.8, 4) is 11.5 Å². The van der Waals surface area contributed by atoms with E-state index in [4.69, 9.17) is 4.42 Å². The van der Waals surface area contributed by atoms with Gasteiger partial charge in [-0.3, -0.25) is 0 Å². The molecule has 1 N–H and O–H groups in total. The number of rotatable bonds is 4. The second kappa shape index (κ2) is 4.75. The van der Waals surface area contributed by atoms with Crippen molar-refractivity contribution in [3.05, 3.63) is 42.3 Å². The van der Waals surface area contributed by atoms with Crippen LogP contribution >= 0.6 is 0 Å². The molecule has 0 atom stereocenters. The first-order chi connectivity index (χ1) is 7.40. The Morgan fingerprint density at radius 2 is 2.13 bits per heavy atom. The van der Waals surface area contributed by atoms with Crippen molar-refractivity contribution in [3.63, 3.8) is 0 Å². The average molecular weight is 204 g/mol. The van der Waals surface area contributed by atoms with Crippen molar-refractivity contribution in [1.82, 2.24) is 10.3 Å². The highest BCUT2D eigenvalue weighted by atomic mass is 16.3. The number of aromatic nitrogens is 1. The van der Waals surface area contributed by atoms with Gasteiger partial charge in [-0.05, 0) is 18.7 Å². The summed E-state index contributed by atoms with van der Waals surface area (Å²) in [5.41, 5.74) is 1.95. The minimum Gasteiger partial charge on any atom is -0.444 e. The van der Waals surface area contributed by atoms with E-state index in [-0.39, 0.29) is 1.43 Å². The minimum absolute atomic E-state index is 0. The molecule has 2 rings (SSSR count). The highest BCUT2D eigenvalue weighted by molar-refractivity contribution is 5.52. The van der Waals surface area contributed by atoms with Gasteiger partial charge in [0.1, 0.15) is 6.26 Å². The van der Waals surface area contributed by atoms with Crippen LogP contribution in [-0.4, -0.2) is 11.5 Å². The Morgan fingerprint density at radius 1 is 1.33 bits per heavy atom. The van der Waals surface area contributed by atoms with E-state index in [2.05, 4.69) is 17.2 Å². The summed E-state index contributed by atoms with van der Waals surface area (Å²) in [5.74, 6) is 0.684. The van der Waals surface area contributed by atoms with Gasteiger partial charge < -0.3 is 9.73 Å². The van der Waals surface area contributed by atoms with Gasteiger partial charge in [-0.25, -0.2) is 4.98 Å². The smallest absolute Gasteiger partial charge is 0.226 e. The molecule has 0 amide bonds. The summed E-state index contributed by atoms with van der Waals surface area (Å²) in [5, 5.41) is 3.21. The summed E-state index contributed by atoms with van der Waals surface area (Å²) in [4.78, 5) is 4.39. The van der Waals surface area contributed by atoms with Crippen molar-refractivity contribution < 1.29 is 5.84 Å². The molecule has 1 aromatic carbocycles. The lowest BCUT2D eigenvalue weighted by molar-refractivity contribution is 0.570. The first-order valence-corrected chi connectivity index (χ1v) is 5.10. The van der Waals surface area contributed by atoms with Gasteiger partial charge >= 0.3 is 0 Å². The van der Waals surface area contributed by atoms with E-state index >= 15 is 0 Å². The van der Waals surface area contributed by atoms with Crippen LogP contribution < -0.4 is 5.32 Å². The normalized spacial score (nSPS) is 10.5. The lowest BCUT2D eigenvalue weighted by atomic mass is 10.2. The van der Waals surface area contributed by atoms with Crippen LogP contribution in [0.5, 0.6) is 0 Å². The summed E-state index contributed by atoms with van der Waals surface area (Å²) in [6.07, 6.45) is 1.70. The van der Waals surface area contributed by atoms with Gasteiger partial charge in [0.15, 0.2) is 0 Å². The summed E-state index contributed by atoms with van der Waals surface area (Å²) in [6, 6.07) is 9.91. The highest BCUT2D eigenvalue weighted by Gasteiger charge is 2.04. The van der Waals surface area contributed by atoms with Crippen molar-refractivity contribution in [2.24, 2.45) is 0 Å². The fourth-order valence-electron chi connectivity index (χ4n) is 1.35. The summed E-state index contributed by atoms with van der Waals surface area (Å²) in [6.45, 7) is 3.76. The van der Waals surface area contributed by atoms with E-state index < -0.39 is 0 Å². The molecule has 0 aliphatic carbocycles. The van der Waals surface area contributed by atoms with Crippen LogP contribution in [0.4, 0.5) is 0 Å². The van der Waals surface area contributed by atoms with Crippen LogP contribution in [0.3, 0.4) is 0 Å². The molecule has 0 saturated carbocycles. The van der Waals surface area contributed by atoms with Gasteiger partial charge in [0.2, 0.25) is 5.89 Å². The van der Waals surface area contributed by atoms with Crippen molar-refractivity contribution in [1.29, 1.82) is 0 Å². The molecule has 0 aliphatic heterocycles. The van der Waals surface area contributed by atoms with E-state index in [0.717, 1.165) is 24.3 Å². The molecule has 3 heteroatoms. The number of hydrogen-bond acceptors (Lipinski definition) is 3. The van der Waals surface area contributed by atoms with Crippen LogP contribution in [0.1, 0.15) is 14.0 Å². The third-order valence-electron chi connectivity index (χ3n) is 2.13. The monoisotopic (exact) mass is 204 g/mol. The third-order valence-corrected chi connectivity index (χ3v) is 2.13. The van der Waals surface area contributed by atoms with Gasteiger partial charge in [0, 0.05) is 13.5 Å². The third kappa shape index (κ3) is 2.44. The molecule has 0 saturated heterocycles. The second-order valence-corrected chi connectivity index (χ2v) is 3.29. The van der Waals surface area contributed by atoms with Crippen LogP contribution in [0.25, 0.3) is 11.5 Å². The zero-order valence-electron chi connectivity index (χ0n) is 8.73. The maximum Gasteiger partial charge on any atom is 0.226 e. The maximum atomic E-state index is 5.40. The minimum atomic E-state index is 0. The Balaban J connectivity index is 0.00000128. The van der Waals surface area contributed by atoms with E-state index in [1.54, 1.807) is 6.26 Å². The van der Waals surface area contributed by atoms with Crippen LogP contribution in [0.2, 0.25) is 0 Å². The largest absolute Gasteiger partial charge is 0.444 e. The van der Waals surface area contributed by atoms with Crippen molar-refractivity contribution >= 4 is 0 Å². The van der Waals surface area contributed by atoms with Crippen LogP contribution in [0, 0.1) is 0 Å². The van der Waals surface area contributed by atoms with Crippen molar-refractivity contribution in [2.45, 2.75) is 13.5 Å². The number of oxazole rings is 1. The topological polar surface area (TPSA) is 38.1 Å². The molecule has 80 valence electrons. The first-order valence-electron chi connectivity index (χ1n) is 5.10. The zero-order valence-corrected chi connectivity index (χ0v) is 8.73. The molecule has 1 aromatic heterocycles. The molecular formula is C12H16N2O. The highest BCUT2D eigenvalue weighted by Crippen LogP contribution is 2.17. The molecular weight excluding hydrogens is 188 g/mol. The molecule has 0 spiro atoms. The quantitative estimate of drug-likeness (QED) is 0.832. The summed E-state index contributed by atoms with van der Waals surface area (Å²) >= 11 is 0. The maximum absolute atomic E-state index is 5.40. The van der Waals surface area contributed by atoms with E-state index in [1.165, 1.54) is 0 Å². The summed E-state index contributed by atoms with van der Waals surface area (Å²) in [7, 11) is 0. The van der Waals surface area contributed by atoms with Gasteiger partial charge in [0.05, 0.1) is 5.69 Å². The molecule has 0 bridgehead atoms.